The largest absolute Gasteiger partial charge is 0.423 e. The zero-order valence-electron chi connectivity index (χ0n) is 11.1. The van der Waals surface area contributed by atoms with Gasteiger partial charge in [0.2, 0.25) is 0 Å². The van der Waals surface area contributed by atoms with Gasteiger partial charge in [0.15, 0.2) is 5.58 Å². The zero-order valence-corrected chi connectivity index (χ0v) is 11.1. The number of hydrogen-bond acceptors (Lipinski definition) is 4. The molecule has 2 aromatic rings. The van der Waals surface area contributed by atoms with Gasteiger partial charge >= 0.3 is 0 Å². The Balaban J connectivity index is 1.87. The number of aromatic nitrogens is 1. The van der Waals surface area contributed by atoms with Crippen molar-refractivity contribution in [2.75, 3.05) is 17.6 Å². The van der Waals surface area contributed by atoms with Crippen LogP contribution in [0.25, 0.3) is 11.1 Å². The SMILES string of the molecule is CC(C)CCCCNc1nc2c(N)cccc2o1. The van der Waals surface area contributed by atoms with Crippen LogP contribution in [0.3, 0.4) is 0 Å². The molecule has 1 aromatic carbocycles. The number of hydrogen-bond donors (Lipinski definition) is 2. The highest BCUT2D eigenvalue weighted by Gasteiger charge is 2.06. The first-order chi connectivity index (χ1) is 8.66. The van der Waals surface area contributed by atoms with Gasteiger partial charge in [0, 0.05) is 6.54 Å². The third kappa shape index (κ3) is 3.15. The molecule has 18 heavy (non-hydrogen) atoms. The third-order valence-corrected chi connectivity index (χ3v) is 2.93. The zero-order chi connectivity index (χ0) is 13.0. The lowest BCUT2D eigenvalue weighted by Gasteiger charge is -2.04. The number of rotatable bonds is 6. The Hall–Kier alpha value is -1.71. The molecule has 4 heteroatoms. The highest BCUT2D eigenvalue weighted by atomic mass is 16.4. The van der Waals surface area contributed by atoms with Gasteiger partial charge < -0.3 is 15.5 Å². The van der Waals surface area contributed by atoms with Crippen molar-refractivity contribution in [3.8, 4) is 0 Å². The molecule has 0 radical (unpaired) electrons. The number of nitrogens with two attached hydrogens (primary N) is 1. The summed E-state index contributed by atoms with van der Waals surface area (Å²) in [4.78, 5) is 4.34. The maximum absolute atomic E-state index is 5.83. The Morgan fingerprint density at radius 1 is 1.33 bits per heavy atom. The average Bonchev–Trinajstić information content (AvgIpc) is 2.72. The van der Waals surface area contributed by atoms with E-state index in [1.165, 1.54) is 12.8 Å². The van der Waals surface area contributed by atoms with E-state index in [9.17, 15) is 0 Å². The second-order valence-corrected chi connectivity index (χ2v) is 5.03. The van der Waals surface area contributed by atoms with E-state index < -0.39 is 0 Å². The third-order valence-electron chi connectivity index (χ3n) is 2.93. The Kier molecular flexibility index (Phi) is 4.07. The molecule has 1 aromatic heterocycles. The smallest absolute Gasteiger partial charge is 0.295 e. The number of nitrogens with one attached hydrogen (secondary N) is 1. The lowest BCUT2D eigenvalue weighted by molar-refractivity contribution is 0.541. The summed E-state index contributed by atoms with van der Waals surface area (Å²) in [5, 5.41) is 3.20. The van der Waals surface area contributed by atoms with Gasteiger partial charge in [-0.25, -0.2) is 0 Å². The van der Waals surface area contributed by atoms with E-state index in [4.69, 9.17) is 10.2 Å². The maximum atomic E-state index is 5.83. The van der Waals surface area contributed by atoms with Crippen molar-refractivity contribution in [1.29, 1.82) is 0 Å². The van der Waals surface area contributed by atoms with Gasteiger partial charge in [-0.05, 0) is 24.5 Å². The fourth-order valence-corrected chi connectivity index (χ4v) is 1.92. The number of para-hydroxylation sites is 1. The molecule has 3 N–H and O–H groups in total. The van der Waals surface area contributed by atoms with Crippen LogP contribution in [0, 0.1) is 5.92 Å². The van der Waals surface area contributed by atoms with Crippen molar-refractivity contribution >= 4 is 22.8 Å². The van der Waals surface area contributed by atoms with Gasteiger partial charge in [-0.1, -0.05) is 32.8 Å². The van der Waals surface area contributed by atoms with Crippen LogP contribution in [0.5, 0.6) is 0 Å². The van der Waals surface area contributed by atoms with Gasteiger partial charge in [-0.2, -0.15) is 4.98 Å². The van der Waals surface area contributed by atoms with E-state index in [1.807, 2.05) is 18.2 Å². The molecule has 2 rings (SSSR count). The number of unbranched alkanes of at least 4 members (excludes halogenated alkanes) is 1. The summed E-state index contributed by atoms with van der Waals surface area (Å²) in [6.45, 7) is 5.38. The first-order valence-corrected chi connectivity index (χ1v) is 6.55. The van der Waals surface area contributed by atoms with E-state index in [2.05, 4.69) is 24.1 Å². The van der Waals surface area contributed by atoms with E-state index in [1.54, 1.807) is 0 Å². The second kappa shape index (κ2) is 5.76. The monoisotopic (exact) mass is 247 g/mol. The molecule has 0 aliphatic carbocycles. The summed E-state index contributed by atoms with van der Waals surface area (Å²) in [5.41, 5.74) is 7.96. The fourth-order valence-electron chi connectivity index (χ4n) is 1.92. The Labute approximate surface area is 108 Å². The summed E-state index contributed by atoms with van der Waals surface area (Å²) in [6.07, 6.45) is 3.63. The second-order valence-electron chi connectivity index (χ2n) is 5.03. The van der Waals surface area contributed by atoms with Crippen LogP contribution in [0.2, 0.25) is 0 Å². The quantitative estimate of drug-likeness (QED) is 0.604. The molecule has 0 amide bonds. The minimum absolute atomic E-state index is 0.562. The Bertz CT molecular complexity index is 505. The van der Waals surface area contributed by atoms with Crippen molar-refractivity contribution < 1.29 is 4.42 Å². The molecule has 0 spiro atoms. The number of fused-ring (bicyclic) bond motifs is 1. The van der Waals surface area contributed by atoms with E-state index >= 15 is 0 Å². The molecule has 0 saturated heterocycles. The number of nitrogen functional groups attached to an aromatic ring is 1. The molecule has 0 aliphatic heterocycles. The summed E-state index contributed by atoms with van der Waals surface area (Å²) < 4.78 is 5.57. The molecule has 0 aliphatic rings. The predicted molar refractivity (Wildman–Crippen MR) is 75.6 cm³/mol. The molecule has 0 saturated carbocycles. The number of oxazole rings is 1. The molecule has 4 nitrogen and oxygen atoms in total. The van der Waals surface area contributed by atoms with Crippen molar-refractivity contribution in [2.45, 2.75) is 33.1 Å². The Morgan fingerprint density at radius 3 is 2.89 bits per heavy atom. The molecule has 98 valence electrons. The molecule has 0 atom stereocenters. The topological polar surface area (TPSA) is 64.1 Å². The van der Waals surface area contributed by atoms with Crippen molar-refractivity contribution in [1.82, 2.24) is 4.98 Å². The summed E-state index contributed by atoms with van der Waals surface area (Å²) in [6, 6.07) is 6.14. The van der Waals surface area contributed by atoms with Crippen LogP contribution in [-0.2, 0) is 0 Å². The van der Waals surface area contributed by atoms with Crippen LogP contribution >= 0.6 is 0 Å². The molecular weight excluding hydrogens is 226 g/mol. The first kappa shape index (κ1) is 12.7. The van der Waals surface area contributed by atoms with Gasteiger partial charge in [0.05, 0.1) is 5.69 Å². The molecule has 1 heterocycles. The summed E-state index contributed by atoms with van der Waals surface area (Å²) >= 11 is 0. The predicted octanol–water partition coefficient (Wildman–Crippen LogP) is 3.65. The highest BCUT2D eigenvalue weighted by Crippen LogP contribution is 2.23. The van der Waals surface area contributed by atoms with E-state index in [-0.39, 0.29) is 0 Å². The minimum atomic E-state index is 0.562. The lowest BCUT2D eigenvalue weighted by atomic mass is 10.1. The van der Waals surface area contributed by atoms with Crippen molar-refractivity contribution in [3.05, 3.63) is 18.2 Å². The fraction of sp³-hybridized carbons (Fsp3) is 0.500. The van der Waals surface area contributed by atoms with Gasteiger partial charge in [-0.15, -0.1) is 0 Å². The Morgan fingerprint density at radius 2 is 2.17 bits per heavy atom. The number of nitrogens with zero attached hydrogens (tertiary/aromatic N) is 1. The molecule has 0 bridgehead atoms. The van der Waals surface area contributed by atoms with Crippen molar-refractivity contribution in [3.63, 3.8) is 0 Å². The number of anilines is 2. The lowest BCUT2D eigenvalue weighted by Crippen LogP contribution is -2.02. The standard InChI is InChI=1S/C14H21N3O/c1-10(2)6-3-4-9-16-14-17-13-11(15)7-5-8-12(13)18-14/h5,7-8,10H,3-4,6,9,15H2,1-2H3,(H,16,17). The van der Waals surface area contributed by atoms with E-state index in [0.717, 1.165) is 30.0 Å². The minimum Gasteiger partial charge on any atom is -0.423 e. The average molecular weight is 247 g/mol. The van der Waals surface area contributed by atoms with Crippen LogP contribution in [0.1, 0.15) is 33.1 Å². The van der Waals surface area contributed by atoms with E-state index in [0.29, 0.717) is 11.7 Å². The number of benzene rings is 1. The summed E-state index contributed by atoms with van der Waals surface area (Å²) in [5.74, 6) is 0.772. The molecule has 0 unspecified atom stereocenters. The van der Waals surface area contributed by atoms with Crippen LogP contribution in [-0.4, -0.2) is 11.5 Å². The maximum Gasteiger partial charge on any atom is 0.295 e. The molecular formula is C14H21N3O. The van der Waals surface area contributed by atoms with Crippen LogP contribution < -0.4 is 11.1 Å². The van der Waals surface area contributed by atoms with Gasteiger partial charge in [-0.3, -0.25) is 0 Å². The highest BCUT2D eigenvalue weighted by molar-refractivity contribution is 5.86. The van der Waals surface area contributed by atoms with Gasteiger partial charge in [0.1, 0.15) is 5.52 Å². The molecule has 0 fully saturated rings. The first-order valence-electron chi connectivity index (χ1n) is 6.55. The normalized spacial score (nSPS) is 11.3. The summed E-state index contributed by atoms with van der Waals surface area (Å²) in [7, 11) is 0. The van der Waals surface area contributed by atoms with Crippen molar-refractivity contribution in [2.24, 2.45) is 5.92 Å². The van der Waals surface area contributed by atoms with Crippen LogP contribution in [0.4, 0.5) is 11.7 Å². The van der Waals surface area contributed by atoms with Gasteiger partial charge in [0.25, 0.3) is 6.01 Å². The van der Waals surface area contributed by atoms with Crippen LogP contribution in [0.15, 0.2) is 22.6 Å².